The van der Waals surface area contributed by atoms with E-state index >= 15 is 0 Å². The van der Waals surface area contributed by atoms with Crippen LogP contribution in [0.5, 0.6) is 0 Å². The molecule has 0 aliphatic heterocycles. The van der Waals surface area contributed by atoms with Crippen LogP contribution in [0.3, 0.4) is 0 Å². The molecule has 0 saturated carbocycles. The van der Waals surface area contributed by atoms with Gasteiger partial charge in [0.05, 0.1) is 0 Å². The normalized spacial score (nSPS) is 12.7. The molecule has 1 rings (SSSR count). The van der Waals surface area contributed by atoms with Crippen LogP contribution in [-0.4, -0.2) is 11.7 Å². The number of alkyl halides is 1. The Bertz CT molecular complexity index is 341. The quantitative estimate of drug-likeness (QED) is 0.481. The van der Waals surface area contributed by atoms with Crippen molar-refractivity contribution in [2.24, 2.45) is 11.8 Å². The molecule has 0 aromatic heterocycles. The molecule has 0 radical (unpaired) electrons. The number of carbonyl (C=O) groups excluding carboxylic acids is 1. The van der Waals surface area contributed by atoms with Gasteiger partial charge in [-0.15, -0.1) is 11.6 Å². The van der Waals surface area contributed by atoms with Gasteiger partial charge in [0.1, 0.15) is 0 Å². The van der Waals surface area contributed by atoms with Gasteiger partial charge in [-0.05, 0) is 18.8 Å². The summed E-state index contributed by atoms with van der Waals surface area (Å²) in [5, 5.41) is 0. The molecular weight excluding hydrogens is 244 g/mol. The number of ketones is 1. The Hall–Kier alpha value is -0.820. The van der Waals surface area contributed by atoms with Crippen molar-refractivity contribution in [1.29, 1.82) is 0 Å². The van der Waals surface area contributed by atoms with Crippen LogP contribution >= 0.6 is 11.6 Å². The van der Waals surface area contributed by atoms with Crippen molar-refractivity contribution in [3.8, 4) is 0 Å². The zero-order valence-electron chi connectivity index (χ0n) is 11.4. The maximum atomic E-state index is 12.5. The third-order valence-corrected chi connectivity index (χ3v) is 3.78. The monoisotopic (exact) mass is 266 g/mol. The van der Waals surface area contributed by atoms with Gasteiger partial charge in [0, 0.05) is 17.4 Å². The Morgan fingerprint density at radius 2 is 1.67 bits per heavy atom. The van der Waals surface area contributed by atoms with E-state index in [9.17, 15) is 4.79 Å². The van der Waals surface area contributed by atoms with Crippen LogP contribution in [0.2, 0.25) is 0 Å². The van der Waals surface area contributed by atoms with E-state index in [1.807, 2.05) is 30.3 Å². The van der Waals surface area contributed by atoms with E-state index in [-0.39, 0.29) is 11.7 Å². The molecule has 1 atom stereocenters. The molecule has 100 valence electrons. The van der Waals surface area contributed by atoms with Crippen molar-refractivity contribution in [2.45, 2.75) is 39.5 Å². The summed E-state index contributed by atoms with van der Waals surface area (Å²) in [5.41, 5.74) is 0.792. The van der Waals surface area contributed by atoms with Gasteiger partial charge >= 0.3 is 0 Å². The predicted molar refractivity (Wildman–Crippen MR) is 78.3 cm³/mol. The van der Waals surface area contributed by atoms with Gasteiger partial charge in [0.15, 0.2) is 5.78 Å². The lowest BCUT2D eigenvalue weighted by atomic mass is 9.81. The van der Waals surface area contributed by atoms with E-state index in [1.54, 1.807) is 0 Å². The fourth-order valence-electron chi connectivity index (χ4n) is 2.51. The van der Waals surface area contributed by atoms with Crippen molar-refractivity contribution < 1.29 is 4.79 Å². The van der Waals surface area contributed by atoms with Crippen molar-refractivity contribution in [3.63, 3.8) is 0 Å². The van der Waals surface area contributed by atoms with Gasteiger partial charge in [-0.1, -0.05) is 57.0 Å². The minimum atomic E-state index is -0.0334. The van der Waals surface area contributed by atoms with Gasteiger partial charge in [-0.3, -0.25) is 4.79 Å². The first-order chi connectivity index (χ1) is 8.74. The number of halogens is 1. The molecule has 0 fully saturated rings. The largest absolute Gasteiger partial charge is 0.294 e. The lowest BCUT2D eigenvalue weighted by molar-refractivity contribution is 0.0879. The Balaban J connectivity index is 2.83. The summed E-state index contributed by atoms with van der Waals surface area (Å²) in [4.78, 5) is 12.5. The Labute approximate surface area is 116 Å². The summed E-state index contributed by atoms with van der Waals surface area (Å²) in [7, 11) is 0. The number of benzene rings is 1. The smallest absolute Gasteiger partial charge is 0.167 e. The van der Waals surface area contributed by atoms with Crippen molar-refractivity contribution in [1.82, 2.24) is 0 Å². The topological polar surface area (TPSA) is 17.1 Å². The second-order valence-corrected chi connectivity index (χ2v) is 5.14. The van der Waals surface area contributed by atoms with E-state index in [0.29, 0.717) is 11.8 Å². The molecule has 1 nitrogen and oxygen atoms in total. The first-order valence-corrected chi connectivity index (χ1v) is 7.43. The summed E-state index contributed by atoms with van der Waals surface area (Å²) in [6, 6.07) is 9.52. The van der Waals surface area contributed by atoms with Gasteiger partial charge < -0.3 is 0 Å². The van der Waals surface area contributed by atoms with Crippen molar-refractivity contribution >= 4 is 17.4 Å². The van der Waals surface area contributed by atoms with E-state index in [2.05, 4.69) is 13.8 Å². The highest BCUT2D eigenvalue weighted by Gasteiger charge is 2.26. The predicted octanol–water partition coefficient (Wildman–Crippen LogP) is 4.94. The molecule has 0 spiro atoms. The zero-order valence-corrected chi connectivity index (χ0v) is 12.1. The molecule has 0 aliphatic rings. The van der Waals surface area contributed by atoms with E-state index < -0.39 is 0 Å². The third-order valence-electron chi connectivity index (χ3n) is 3.45. The number of hydrogen-bond donors (Lipinski definition) is 0. The molecule has 1 aromatic carbocycles. The summed E-state index contributed by atoms with van der Waals surface area (Å²) >= 11 is 6.06. The van der Waals surface area contributed by atoms with Crippen LogP contribution in [0, 0.1) is 11.8 Å². The maximum absolute atomic E-state index is 12.5. The molecule has 1 unspecified atom stereocenters. The van der Waals surface area contributed by atoms with Gasteiger partial charge in [0.2, 0.25) is 0 Å². The average molecular weight is 267 g/mol. The fraction of sp³-hybridized carbons (Fsp3) is 0.562. The molecule has 18 heavy (non-hydrogen) atoms. The Kier molecular flexibility index (Phi) is 7.04. The van der Waals surface area contributed by atoms with Crippen molar-refractivity contribution in [3.05, 3.63) is 35.9 Å². The lowest BCUT2D eigenvalue weighted by Crippen LogP contribution is -2.25. The average Bonchev–Trinajstić information content (AvgIpc) is 2.41. The summed E-state index contributed by atoms with van der Waals surface area (Å²) in [6.45, 7) is 4.34. The number of hydrogen-bond acceptors (Lipinski definition) is 1. The molecular formula is C16H23ClO. The number of Topliss-reactive ketones (excluding diaryl/α,β-unsaturated/α-hetero) is 1. The standard InChI is InChI=1S/C16H23ClO/c1-3-8-13(9-4-2)15(12-17)16(18)14-10-6-5-7-11-14/h5-7,10-11,13,15H,3-4,8-9,12H2,1-2H3. The molecule has 0 aliphatic carbocycles. The van der Waals surface area contributed by atoms with E-state index in [4.69, 9.17) is 11.6 Å². The van der Waals surface area contributed by atoms with Crippen molar-refractivity contribution in [2.75, 3.05) is 5.88 Å². The van der Waals surface area contributed by atoms with E-state index in [1.165, 1.54) is 0 Å². The summed E-state index contributed by atoms with van der Waals surface area (Å²) in [6.07, 6.45) is 4.40. The molecule has 0 heterocycles. The minimum absolute atomic E-state index is 0.0334. The highest BCUT2D eigenvalue weighted by Crippen LogP contribution is 2.27. The van der Waals surface area contributed by atoms with Crippen LogP contribution < -0.4 is 0 Å². The van der Waals surface area contributed by atoms with Crippen LogP contribution in [-0.2, 0) is 0 Å². The van der Waals surface area contributed by atoms with Crippen LogP contribution in [0.1, 0.15) is 49.9 Å². The first-order valence-electron chi connectivity index (χ1n) is 6.89. The molecule has 2 heteroatoms. The van der Waals surface area contributed by atoms with Gasteiger partial charge in [0.25, 0.3) is 0 Å². The van der Waals surface area contributed by atoms with Crippen LogP contribution in [0.25, 0.3) is 0 Å². The van der Waals surface area contributed by atoms with Gasteiger partial charge in [-0.2, -0.15) is 0 Å². The summed E-state index contributed by atoms with van der Waals surface area (Å²) < 4.78 is 0. The molecule has 0 N–H and O–H groups in total. The summed E-state index contributed by atoms with van der Waals surface area (Å²) in [5.74, 6) is 1.02. The Morgan fingerprint density at radius 3 is 2.11 bits per heavy atom. The lowest BCUT2D eigenvalue weighted by Gasteiger charge is -2.24. The SMILES string of the molecule is CCCC(CCC)C(CCl)C(=O)c1ccccc1. The second kappa shape index (κ2) is 8.31. The highest BCUT2D eigenvalue weighted by atomic mass is 35.5. The van der Waals surface area contributed by atoms with E-state index in [0.717, 1.165) is 31.2 Å². The number of rotatable bonds is 8. The van der Waals surface area contributed by atoms with Crippen LogP contribution in [0.4, 0.5) is 0 Å². The first kappa shape index (κ1) is 15.2. The zero-order chi connectivity index (χ0) is 13.4. The molecule has 0 amide bonds. The van der Waals surface area contributed by atoms with Crippen LogP contribution in [0.15, 0.2) is 30.3 Å². The van der Waals surface area contributed by atoms with Gasteiger partial charge in [-0.25, -0.2) is 0 Å². The second-order valence-electron chi connectivity index (χ2n) is 4.83. The molecule has 1 aromatic rings. The Morgan fingerprint density at radius 1 is 1.11 bits per heavy atom. The maximum Gasteiger partial charge on any atom is 0.167 e. The molecule has 0 bridgehead atoms. The fourth-order valence-corrected chi connectivity index (χ4v) is 2.91. The minimum Gasteiger partial charge on any atom is -0.294 e. The molecule has 0 saturated heterocycles. The highest BCUT2D eigenvalue weighted by molar-refractivity contribution is 6.20. The number of carbonyl (C=O) groups is 1. The third kappa shape index (κ3) is 4.13.